The average Bonchev–Trinajstić information content (AvgIpc) is 2.76. The van der Waals surface area contributed by atoms with Crippen molar-refractivity contribution in [2.75, 3.05) is 0 Å². The van der Waals surface area contributed by atoms with Crippen LogP contribution in [0, 0.1) is 5.92 Å². The molecule has 1 aromatic heterocycles. The van der Waals surface area contributed by atoms with Gasteiger partial charge in [0.15, 0.2) is 0 Å². The monoisotopic (exact) mass is 260 g/mol. The minimum absolute atomic E-state index is 0.283. The highest BCUT2D eigenvalue weighted by Gasteiger charge is 2.20. The van der Waals surface area contributed by atoms with Crippen molar-refractivity contribution in [3.63, 3.8) is 0 Å². The van der Waals surface area contributed by atoms with E-state index in [1.54, 1.807) is 0 Å². The first-order chi connectivity index (χ1) is 9.21. The highest BCUT2D eigenvalue weighted by atomic mass is 15.2. The summed E-state index contributed by atoms with van der Waals surface area (Å²) in [5.41, 5.74) is 5.21. The van der Waals surface area contributed by atoms with E-state index in [9.17, 15) is 0 Å². The van der Waals surface area contributed by atoms with Gasteiger partial charge in [-0.25, -0.2) is 4.98 Å². The van der Waals surface area contributed by atoms with E-state index in [1.165, 1.54) is 5.52 Å². The number of para-hydroxylation sites is 2. The van der Waals surface area contributed by atoms with E-state index < -0.39 is 0 Å². The van der Waals surface area contributed by atoms with Gasteiger partial charge < -0.3 is 4.57 Å². The lowest BCUT2D eigenvalue weighted by molar-refractivity contribution is 0.330. The van der Waals surface area contributed by atoms with E-state index in [0.29, 0.717) is 5.92 Å². The largest absolute Gasteiger partial charge is 0.331 e. The van der Waals surface area contributed by atoms with Gasteiger partial charge in [-0.1, -0.05) is 38.8 Å². The molecule has 0 aliphatic heterocycles. The third-order valence-corrected chi connectivity index (χ3v) is 4.11. The molecular formula is C15H24N4. The number of nitrogens with zero attached hydrogens (tertiary/aromatic N) is 2. The van der Waals surface area contributed by atoms with Crippen molar-refractivity contribution in [1.82, 2.24) is 15.0 Å². The molecular weight excluding hydrogens is 236 g/mol. The lowest BCUT2D eigenvalue weighted by Crippen LogP contribution is -2.42. The molecule has 19 heavy (non-hydrogen) atoms. The second-order valence-electron chi connectivity index (χ2n) is 5.13. The molecule has 0 spiro atoms. The van der Waals surface area contributed by atoms with Crippen molar-refractivity contribution in [2.45, 2.75) is 39.2 Å². The van der Waals surface area contributed by atoms with Gasteiger partial charge in [-0.15, -0.1) is 0 Å². The minimum Gasteiger partial charge on any atom is -0.331 e. The zero-order chi connectivity index (χ0) is 13.8. The van der Waals surface area contributed by atoms with Crippen LogP contribution in [0.2, 0.25) is 0 Å². The molecule has 1 unspecified atom stereocenters. The van der Waals surface area contributed by atoms with Crippen LogP contribution in [-0.2, 0) is 13.5 Å². The maximum absolute atomic E-state index is 5.73. The number of aromatic nitrogens is 2. The van der Waals surface area contributed by atoms with Gasteiger partial charge >= 0.3 is 0 Å². The Balaban J connectivity index is 2.26. The van der Waals surface area contributed by atoms with Crippen LogP contribution < -0.4 is 11.3 Å². The Labute approximate surface area is 115 Å². The lowest BCUT2D eigenvalue weighted by Gasteiger charge is -2.24. The highest BCUT2D eigenvalue weighted by Crippen LogP contribution is 2.19. The zero-order valence-corrected chi connectivity index (χ0v) is 12.1. The van der Waals surface area contributed by atoms with Crippen LogP contribution in [0.4, 0.5) is 0 Å². The van der Waals surface area contributed by atoms with Crippen LogP contribution >= 0.6 is 0 Å². The summed E-state index contributed by atoms with van der Waals surface area (Å²) < 4.78 is 2.17. The molecule has 2 rings (SSSR count). The predicted molar refractivity (Wildman–Crippen MR) is 79.6 cm³/mol. The Kier molecular flexibility index (Phi) is 4.56. The lowest BCUT2D eigenvalue weighted by atomic mass is 9.92. The fourth-order valence-corrected chi connectivity index (χ4v) is 2.79. The van der Waals surface area contributed by atoms with Crippen molar-refractivity contribution in [3.05, 3.63) is 30.1 Å². The fraction of sp³-hybridized carbons (Fsp3) is 0.533. The molecule has 1 heterocycles. The molecule has 3 N–H and O–H groups in total. The van der Waals surface area contributed by atoms with Gasteiger partial charge in [0.05, 0.1) is 11.0 Å². The third-order valence-electron chi connectivity index (χ3n) is 4.11. The molecule has 104 valence electrons. The summed E-state index contributed by atoms with van der Waals surface area (Å²) >= 11 is 0. The minimum atomic E-state index is 0.283. The Morgan fingerprint density at radius 3 is 2.53 bits per heavy atom. The fourth-order valence-electron chi connectivity index (χ4n) is 2.79. The van der Waals surface area contributed by atoms with Gasteiger partial charge in [0.2, 0.25) is 0 Å². The molecule has 0 saturated heterocycles. The molecule has 0 saturated carbocycles. The van der Waals surface area contributed by atoms with Crippen LogP contribution in [0.25, 0.3) is 11.0 Å². The summed E-state index contributed by atoms with van der Waals surface area (Å²) in [7, 11) is 2.07. The molecule has 2 aromatic rings. The number of hydrogen-bond acceptors (Lipinski definition) is 3. The topological polar surface area (TPSA) is 55.9 Å². The number of aryl methyl sites for hydroxylation is 1. The Bertz CT molecular complexity index is 528. The van der Waals surface area contributed by atoms with Crippen LogP contribution in [0.3, 0.4) is 0 Å². The molecule has 0 bridgehead atoms. The Morgan fingerprint density at radius 1 is 1.26 bits per heavy atom. The van der Waals surface area contributed by atoms with E-state index in [2.05, 4.69) is 43.0 Å². The van der Waals surface area contributed by atoms with Crippen LogP contribution in [0.5, 0.6) is 0 Å². The molecule has 1 aromatic carbocycles. The normalized spacial score (nSPS) is 13.3. The van der Waals surface area contributed by atoms with Crippen LogP contribution in [0.15, 0.2) is 24.3 Å². The third kappa shape index (κ3) is 2.80. The quantitative estimate of drug-likeness (QED) is 0.619. The van der Waals surface area contributed by atoms with Gasteiger partial charge in [-0.3, -0.25) is 11.3 Å². The second kappa shape index (κ2) is 6.17. The zero-order valence-electron chi connectivity index (χ0n) is 12.1. The van der Waals surface area contributed by atoms with Gasteiger partial charge in [0.25, 0.3) is 0 Å². The van der Waals surface area contributed by atoms with Crippen LogP contribution in [-0.4, -0.2) is 15.6 Å². The predicted octanol–water partition coefficient (Wildman–Crippen LogP) is 2.38. The summed E-state index contributed by atoms with van der Waals surface area (Å²) in [5, 5.41) is 0. The summed E-state index contributed by atoms with van der Waals surface area (Å²) in [5.74, 6) is 7.41. The average molecular weight is 260 g/mol. The molecule has 0 radical (unpaired) electrons. The van der Waals surface area contributed by atoms with Gasteiger partial charge in [0.1, 0.15) is 5.82 Å². The first-order valence-corrected chi connectivity index (χ1v) is 7.07. The maximum Gasteiger partial charge on any atom is 0.111 e. The first-order valence-electron chi connectivity index (χ1n) is 7.07. The standard InChI is InChI=1S/C15H24N4/c1-4-11(5-2)13(18-16)10-15-17-12-8-6-7-9-14(12)19(15)3/h6-9,11,13,18H,4-5,10,16H2,1-3H3. The number of rotatable bonds is 6. The molecule has 0 fully saturated rings. The van der Waals surface area contributed by atoms with E-state index in [1.807, 2.05) is 12.1 Å². The van der Waals surface area contributed by atoms with E-state index in [4.69, 9.17) is 10.8 Å². The molecule has 0 amide bonds. The van der Waals surface area contributed by atoms with Crippen molar-refractivity contribution >= 4 is 11.0 Å². The molecule has 4 heteroatoms. The van der Waals surface area contributed by atoms with Gasteiger partial charge in [0, 0.05) is 19.5 Å². The van der Waals surface area contributed by atoms with E-state index >= 15 is 0 Å². The van der Waals surface area contributed by atoms with Gasteiger partial charge in [-0.05, 0) is 18.1 Å². The van der Waals surface area contributed by atoms with Gasteiger partial charge in [-0.2, -0.15) is 0 Å². The van der Waals surface area contributed by atoms with Crippen molar-refractivity contribution in [2.24, 2.45) is 18.8 Å². The van der Waals surface area contributed by atoms with Crippen molar-refractivity contribution in [3.8, 4) is 0 Å². The SMILES string of the molecule is CCC(CC)C(Cc1nc2ccccc2n1C)NN. The smallest absolute Gasteiger partial charge is 0.111 e. The molecule has 0 aliphatic rings. The number of fused-ring (bicyclic) bond motifs is 1. The van der Waals surface area contributed by atoms with E-state index in [-0.39, 0.29) is 6.04 Å². The number of hydrazine groups is 1. The van der Waals surface area contributed by atoms with E-state index in [0.717, 1.165) is 30.6 Å². The number of imidazole rings is 1. The molecule has 1 atom stereocenters. The van der Waals surface area contributed by atoms with Crippen LogP contribution in [0.1, 0.15) is 32.5 Å². The summed E-state index contributed by atoms with van der Waals surface area (Å²) in [6.07, 6.45) is 3.14. The number of hydrogen-bond donors (Lipinski definition) is 2. The maximum atomic E-state index is 5.73. The molecule has 4 nitrogen and oxygen atoms in total. The van der Waals surface area contributed by atoms with Crippen molar-refractivity contribution in [1.29, 1.82) is 0 Å². The highest BCUT2D eigenvalue weighted by molar-refractivity contribution is 5.75. The first kappa shape index (κ1) is 14.0. The Morgan fingerprint density at radius 2 is 1.95 bits per heavy atom. The van der Waals surface area contributed by atoms with Crippen molar-refractivity contribution < 1.29 is 0 Å². The Hall–Kier alpha value is -1.39. The number of benzene rings is 1. The summed E-state index contributed by atoms with van der Waals surface area (Å²) in [4.78, 5) is 4.72. The summed E-state index contributed by atoms with van der Waals surface area (Å²) in [6, 6.07) is 8.52. The molecule has 0 aliphatic carbocycles. The number of nitrogens with one attached hydrogen (secondary N) is 1. The summed E-state index contributed by atoms with van der Waals surface area (Å²) in [6.45, 7) is 4.43. The number of nitrogens with two attached hydrogens (primary N) is 1. The second-order valence-corrected chi connectivity index (χ2v) is 5.13.